The zero-order chi connectivity index (χ0) is 64.1. The molecule has 3 unspecified atom stereocenters. The number of unbranched alkanes of at least 4 members (excludes halogenated alkanes) is 33. The highest BCUT2D eigenvalue weighted by molar-refractivity contribution is 7.47. The van der Waals surface area contributed by atoms with E-state index in [1.54, 1.807) is 6.08 Å². The lowest BCUT2D eigenvalue weighted by Gasteiger charge is -2.25. The Morgan fingerprint density at radius 3 is 1.05 bits per heavy atom. The van der Waals surface area contributed by atoms with E-state index in [1.165, 1.54) is 186 Å². The summed E-state index contributed by atoms with van der Waals surface area (Å²) in [4.78, 5) is 23.4. The summed E-state index contributed by atoms with van der Waals surface area (Å²) in [6, 6.07) is -0.878. The molecule has 0 radical (unpaired) electrons. The smallest absolute Gasteiger partial charge is 0.387 e. The number of allylic oxidation sites excluding steroid dienone is 21. The number of phosphoric ester groups is 1. The number of rotatable bonds is 66. The summed E-state index contributed by atoms with van der Waals surface area (Å²) in [6.07, 6.45) is 103. The van der Waals surface area contributed by atoms with Crippen molar-refractivity contribution in [1.82, 2.24) is 5.32 Å². The molecule has 0 saturated carbocycles. The molecular weight excluding hydrogens is 1100 g/mol. The minimum Gasteiger partial charge on any atom is -0.387 e. The first-order valence-corrected chi connectivity index (χ1v) is 38.1. The minimum absolute atomic E-state index is 0.0490. The molecule has 0 spiro atoms. The number of phosphoric acid groups is 1. The second-order valence-corrected chi connectivity index (χ2v) is 27.0. The van der Waals surface area contributed by atoms with Crippen LogP contribution >= 0.6 is 7.82 Å². The van der Waals surface area contributed by atoms with E-state index in [0.29, 0.717) is 17.4 Å². The first-order chi connectivity index (χ1) is 43.0. The van der Waals surface area contributed by atoms with Crippen molar-refractivity contribution >= 4 is 13.7 Å². The molecule has 3 N–H and O–H groups in total. The standard InChI is InChI=1S/C79H139N2O6P/c1-6-8-10-12-14-16-18-20-22-24-26-28-30-32-34-36-37-38-39-40-41-42-43-45-47-49-51-53-55-57-59-61-63-65-67-69-71-73-79(83)80-77(76-87-88(84,85)86-75-74-81(3,4)5)78(82)72-70-68-66-64-62-60-58-56-54-52-50-48-46-44-35-33-31-29-27-25-23-21-19-17-15-13-11-9-7-2/h8,10,14,16,20,22,26,28,32,34,37-38,40-41,43,45,49,51,62,64,70,72,77-78,82H,6-7,9,11-13,15,17-19,21,23-25,27,29-31,33,35-36,39,42,44,46-48,50,52-61,63,65-69,71,73-76H2,1-5H3,(H-,80,83,84,85)/p+1/b10-8-,16-14-,22-20-,28-26-,34-32-,38-37-,41-40-,45-43-,51-49-,64-62+,72-70+. The second-order valence-electron chi connectivity index (χ2n) is 25.6. The molecule has 0 rings (SSSR count). The number of likely N-dealkylation sites (N-methyl/N-ethyl adjacent to an activating group) is 1. The average molecular weight is 1240 g/mol. The molecule has 0 aliphatic rings. The van der Waals surface area contributed by atoms with Gasteiger partial charge in [0.1, 0.15) is 13.2 Å². The summed E-state index contributed by atoms with van der Waals surface area (Å²) in [5.74, 6) is -0.195. The lowest BCUT2D eigenvalue weighted by atomic mass is 10.0. The van der Waals surface area contributed by atoms with E-state index in [4.69, 9.17) is 9.05 Å². The van der Waals surface area contributed by atoms with E-state index in [0.717, 1.165) is 103 Å². The highest BCUT2D eigenvalue weighted by Crippen LogP contribution is 2.43. The quantitative estimate of drug-likeness (QED) is 0.0243. The maximum absolute atomic E-state index is 13.1. The normalized spacial score (nSPS) is 14.4. The van der Waals surface area contributed by atoms with Gasteiger partial charge in [0.05, 0.1) is 39.9 Å². The number of quaternary nitrogens is 1. The third-order valence-electron chi connectivity index (χ3n) is 15.9. The molecule has 1 amide bonds. The highest BCUT2D eigenvalue weighted by atomic mass is 31.2. The first-order valence-electron chi connectivity index (χ1n) is 36.6. The third-order valence-corrected chi connectivity index (χ3v) is 16.8. The number of carbonyl (C=O) groups excluding carboxylic acids is 1. The van der Waals surface area contributed by atoms with Crippen molar-refractivity contribution in [2.24, 2.45) is 0 Å². The van der Waals surface area contributed by atoms with Crippen molar-refractivity contribution in [3.05, 3.63) is 134 Å². The number of aliphatic hydroxyl groups is 1. The Morgan fingerprint density at radius 2 is 0.693 bits per heavy atom. The number of carbonyl (C=O) groups is 1. The first kappa shape index (κ1) is 84.6. The third kappa shape index (κ3) is 70.1. The van der Waals surface area contributed by atoms with Gasteiger partial charge in [-0.1, -0.05) is 334 Å². The molecule has 88 heavy (non-hydrogen) atoms. The summed E-state index contributed by atoms with van der Waals surface area (Å²) >= 11 is 0. The summed E-state index contributed by atoms with van der Waals surface area (Å²) < 4.78 is 23.8. The van der Waals surface area contributed by atoms with Gasteiger partial charge < -0.3 is 19.8 Å². The maximum atomic E-state index is 13.1. The van der Waals surface area contributed by atoms with E-state index in [1.807, 2.05) is 27.2 Å². The van der Waals surface area contributed by atoms with Crippen molar-refractivity contribution in [3.8, 4) is 0 Å². The fraction of sp³-hybridized carbons (Fsp3) is 0.709. The van der Waals surface area contributed by atoms with Crippen molar-refractivity contribution in [3.63, 3.8) is 0 Å². The molecule has 9 heteroatoms. The van der Waals surface area contributed by atoms with Crippen LogP contribution in [0.1, 0.15) is 309 Å². The fourth-order valence-corrected chi connectivity index (χ4v) is 11.0. The van der Waals surface area contributed by atoms with Crippen LogP contribution in [0.2, 0.25) is 0 Å². The van der Waals surface area contributed by atoms with Gasteiger partial charge in [-0.3, -0.25) is 13.8 Å². The molecular formula is C79H140N2O6P+. The molecule has 8 nitrogen and oxygen atoms in total. The lowest BCUT2D eigenvalue weighted by molar-refractivity contribution is -0.870. The molecule has 0 aliphatic heterocycles. The molecule has 0 saturated heterocycles. The van der Waals surface area contributed by atoms with E-state index >= 15 is 0 Å². The lowest BCUT2D eigenvalue weighted by Crippen LogP contribution is -2.45. The van der Waals surface area contributed by atoms with Gasteiger partial charge in [-0.05, 0) is 103 Å². The highest BCUT2D eigenvalue weighted by Gasteiger charge is 2.28. The Bertz CT molecular complexity index is 1900. The van der Waals surface area contributed by atoms with Crippen LogP contribution < -0.4 is 5.32 Å². The summed E-state index contributed by atoms with van der Waals surface area (Å²) in [7, 11) is 1.54. The number of hydrogen-bond donors (Lipinski definition) is 3. The van der Waals surface area contributed by atoms with Crippen LogP contribution in [0.4, 0.5) is 0 Å². The number of hydrogen-bond acceptors (Lipinski definition) is 5. The predicted octanol–water partition coefficient (Wildman–Crippen LogP) is 23.8. The van der Waals surface area contributed by atoms with Crippen LogP contribution in [0.3, 0.4) is 0 Å². The molecule has 0 heterocycles. The van der Waals surface area contributed by atoms with Crippen LogP contribution in [0.5, 0.6) is 0 Å². The molecule has 3 atom stereocenters. The van der Waals surface area contributed by atoms with Crippen molar-refractivity contribution in [1.29, 1.82) is 0 Å². The summed E-state index contributed by atoms with van der Waals surface area (Å²) in [6.45, 7) is 4.70. The zero-order valence-corrected chi connectivity index (χ0v) is 58.8. The summed E-state index contributed by atoms with van der Waals surface area (Å²) in [5, 5.41) is 14.0. The van der Waals surface area contributed by atoms with Crippen LogP contribution in [0.25, 0.3) is 0 Å². The van der Waals surface area contributed by atoms with Gasteiger partial charge in [0.25, 0.3) is 0 Å². The van der Waals surface area contributed by atoms with E-state index < -0.39 is 20.0 Å². The fourth-order valence-electron chi connectivity index (χ4n) is 10.2. The van der Waals surface area contributed by atoms with Crippen LogP contribution in [0.15, 0.2) is 134 Å². The topological polar surface area (TPSA) is 105 Å². The number of aliphatic hydroxyl groups excluding tert-OH is 1. The average Bonchev–Trinajstić information content (AvgIpc) is 3.70. The Labute approximate surface area is 545 Å². The van der Waals surface area contributed by atoms with E-state index in [-0.39, 0.29) is 19.1 Å². The largest absolute Gasteiger partial charge is 0.472 e. The Kier molecular flexibility index (Phi) is 65.4. The monoisotopic (exact) mass is 1240 g/mol. The minimum atomic E-state index is -4.37. The SMILES string of the molecule is CC/C=C\C/C=C\C/C=C\C/C=C\C/C=C\C/C=C\C/C=C\C/C=C\C/C=C\CCCCCCCCCCCC(=O)NC(COP(=O)(O)OCC[N+](C)(C)C)C(O)/C=C/CC/C=C/CCCCCCCCCCCCCCCCCCCCCCCCC. The van der Waals surface area contributed by atoms with Gasteiger partial charge in [-0.15, -0.1) is 0 Å². The van der Waals surface area contributed by atoms with Gasteiger partial charge >= 0.3 is 7.82 Å². The van der Waals surface area contributed by atoms with Crippen molar-refractivity contribution in [2.75, 3.05) is 40.9 Å². The van der Waals surface area contributed by atoms with Crippen LogP contribution in [-0.4, -0.2) is 73.4 Å². The Hall–Kier alpha value is -3.36. The Balaban J connectivity index is 4.15. The van der Waals surface area contributed by atoms with Crippen molar-refractivity contribution in [2.45, 2.75) is 321 Å². The molecule has 0 aromatic rings. The van der Waals surface area contributed by atoms with Gasteiger partial charge in [0, 0.05) is 6.42 Å². The number of amides is 1. The van der Waals surface area contributed by atoms with E-state index in [2.05, 4.69) is 141 Å². The van der Waals surface area contributed by atoms with Gasteiger partial charge in [-0.2, -0.15) is 0 Å². The van der Waals surface area contributed by atoms with Crippen LogP contribution in [0, 0.1) is 0 Å². The van der Waals surface area contributed by atoms with Gasteiger partial charge in [-0.25, -0.2) is 4.57 Å². The molecule has 0 fully saturated rings. The van der Waals surface area contributed by atoms with Crippen LogP contribution in [-0.2, 0) is 18.4 Å². The predicted molar refractivity (Wildman–Crippen MR) is 387 cm³/mol. The maximum Gasteiger partial charge on any atom is 0.472 e. The number of nitrogens with zero attached hydrogens (tertiary/aromatic N) is 1. The van der Waals surface area contributed by atoms with Crippen molar-refractivity contribution < 1.29 is 32.9 Å². The molecule has 0 aromatic carbocycles. The molecule has 0 bridgehead atoms. The molecule has 0 aromatic heterocycles. The zero-order valence-electron chi connectivity index (χ0n) is 57.9. The van der Waals surface area contributed by atoms with Gasteiger partial charge in [0.15, 0.2) is 0 Å². The number of nitrogens with one attached hydrogen (secondary N) is 1. The summed E-state index contributed by atoms with van der Waals surface area (Å²) in [5.41, 5.74) is 0. The van der Waals surface area contributed by atoms with Gasteiger partial charge in [0.2, 0.25) is 5.91 Å². The molecule has 506 valence electrons. The van der Waals surface area contributed by atoms with E-state index in [9.17, 15) is 19.4 Å². The second kappa shape index (κ2) is 68.0. The molecule has 0 aliphatic carbocycles. The Morgan fingerprint density at radius 1 is 0.398 bits per heavy atom.